The van der Waals surface area contributed by atoms with Crippen LogP contribution in [0.2, 0.25) is 0 Å². The predicted octanol–water partition coefficient (Wildman–Crippen LogP) is 3.00. The third-order valence-corrected chi connectivity index (χ3v) is 3.07. The van der Waals surface area contributed by atoms with Gasteiger partial charge in [0.1, 0.15) is 12.1 Å². The van der Waals surface area contributed by atoms with E-state index in [0.717, 1.165) is 5.75 Å². The summed E-state index contributed by atoms with van der Waals surface area (Å²) < 4.78 is 7.13. The van der Waals surface area contributed by atoms with Crippen molar-refractivity contribution < 1.29 is 9.53 Å². The summed E-state index contributed by atoms with van der Waals surface area (Å²) >= 11 is 0. The van der Waals surface area contributed by atoms with E-state index < -0.39 is 0 Å². The van der Waals surface area contributed by atoms with Crippen molar-refractivity contribution in [2.45, 2.75) is 26.7 Å². The second kappa shape index (κ2) is 6.18. The Hall–Kier alpha value is -2.10. The second-order valence-corrected chi connectivity index (χ2v) is 4.56. The third kappa shape index (κ3) is 3.68. The summed E-state index contributed by atoms with van der Waals surface area (Å²) in [6.45, 7) is 4.68. The average molecular weight is 258 g/mol. The quantitative estimate of drug-likeness (QED) is 0.774. The van der Waals surface area contributed by atoms with Crippen LogP contribution in [-0.2, 0) is 0 Å². The molecule has 0 spiro atoms. The number of benzene rings is 1. The number of nitrogens with zero attached hydrogens (tertiary/aromatic N) is 2. The molecule has 0 fully saturated rings. The first kappa shape index (κ1) is 13.3. The molecule has 0 saturated heterocycles. The number of hydrogen-bond donors (Lipinski definition) is 0. The van der Waals surface area contributed by atoms with Crippen LogP contribution in [0.3, 0.4) is 0 Å². The highest BCUT2D eigenvalue weighted by Crippen LogP contribution is 2.16. The minimum atomic E-state index is 0.0428. The highest BCUT2D eigenvalue weighted by Gasteiger charge is 2.04. The first-order valence-electron chi connectivity index (χ1n) is 6.38. The largest absolute Gasteiger partial charge is 0.494 e. The van der Waals surface area contributed by atoms with E-state index in [2.05, 4.69) is 18.8 Å². The second-order valence-electron chi connectivity index (χ2n) is 4.56. The van der Waals surface area contributed by atoms with E-state index in [1.165, 1.54) is 22.0 Å². The number of aromatic nitrogens is 2. The van der Waals surface area contributed by atoms with E-state index in [9.17, 15) is 4.79 Å². The number of carbonyl (C=O) groups excluding carboxylic acids is 1. The normalized spacial score (nSPS) is 10.4. The predicted molar refractivity (Wildman–Crippen MR) is 73.5 cm³/mol. The molecule has 0 aliphatic heterocycles. The Morgan fingerprint density at radius 3 is 2.84 bits per heavy atom. The zero-order valence-electron chi connectivity index (χ0n) is 11.3. The zero-order chi connectivity index (χ0) is 13.7. The van der Waals surface area contributed by atoms with Gasteiger partial charge in [0, 0.05) is 18.8 Å². The summed E-state index contributed by atoms with van der Waals surface area (Å²) in [5, 5.41) is 0. The average Bonchev–Trinajstić information content (AvgIpc) is 2.92. The summed E-state index contributed by atoms with van der Waals surface area (Å²) in [4.78, 5) is 15.5. The van der Waals surface area contributed by atoms with Crippen molar-refractivity contribution in [3.8, 4) is 5.75 Å². The van der Waals surface area contributed by atoms with Crippen molar-refractivity contribution in [2.75, 3.05) is 6.61 Å². The maximum Gasteiger partial charge on any atom is 0.231 e. The van der Waals surface area contributed by atoms with Gasteiger partial charge in [-0.15, -0.1) is 0 Å². The zero-order valence-corrected chi connectivity index (χ0v) is 11.3. The van der Waals surface area contributed by atoms with Crippen molar-refractivity contribution in [2.24, 2.45) is 0 Å². The monoisotopic (exact) mass is 258 g/mol. The molecule has 100 valence electrons. The molecule has 0 radical (unpaired) electrons. The van der Waals surface area contributed by atoms with E-state index in [1.807, 2.05) is 18.2 Å². The Labute approximate surface area is 113 Å². The fourth-order valence-electron chi connectivity index (χ4n) is 1.75. The van der Waals surface area contributed by atoms with Crippen LogP contribution in [0, 0.1) is 13.8 Å². The first-order valence-corrected chi connectivity index (χ1v) is 6.38. The van der Waals surface area contributed by atoms with Crippen LogP contribution >= 0.6 is 0 Å². The molecular weight excluding hydrogens is 240 g/mol. The molecule has 4 nitrogen and oxygen atoms in total. The number of aryl methyl sites for hydroxylation is 2. The Balaban J connectivity index is 1.75. The molecule has 1 aromatic carbocycles. The summed E-state index contributed by atoms with van der Waals surface area (Å²) in [5.41, 5.74) is 2.47. The lowest BCUT2D eigenvalue weighted by Crippen LogP contribution is -2.10. The summed E-state index contributed by atoms with van der Waals surface area (Å²) in [5.74, 6) is 0.902. The van der Waals surface area contributed by atoms with Gasteiger partial charge in [0.2, 0.25) is 5.91 Å². The van der Waals surface area contributed by atoms with Gasteiger partial charge in [-0.25, -0.2) is 4.98 Å². The number of imidazole rings is 1. The Bertz CT molecular complexity index is 547. The summed E-state index contributed by atoms with van der Waals surface area (Å²) in [7, 11) is 0. The fourth-order valence-corrected chi connectivity index (χ4v) is 1.75. The molecule has 1 heterocycles. The first-order chi connectivity index (χ1) is 9.16. The van der Waals surface area contributed by atoms with Gasteiger partial charge in [0.15, 0.2) is 0 Å². The molecular formula is C15H18N2O2. The summed E-state index contributed by atoms with van der Waals surface area (Å²) in [6, 6.07) is 6.02. The molecule has 2 aromatic rings. The lowest BCUT2D eigenvalue weighted by atomic mass is 10.1. The van der Waals surface area contributed by atoms with Crippen LogP contribution in [0.4, 0.5) is 0 Å². The van der Waals surface area contributed by atoms with Gasteiger partial charge in [-0.05, 0) is 43.5 Å². The van der Waals surface area contributed by atoms with E-state index in [0.29, 0.717) is 19.4 Å². The van der Waals surface area contributed by atoms with Gasteiger partial charge in [0.25, 0.3) is 0 Å². The van der Waals surface area contributed by atoms with Crippen molar-refractivity contribution in [1.29, 1.82) is 0 Å². The van der Waals surface area contributed by atoms with E-state index >= 15 is 0 Å². The third-order valence-electron chi connectivity index (χ3n) is 3.07. The molecule has 0 aliphatic rings. The minimum Gasteiger partial charge on any atom is -0.494 e. The van der Waals surface area contributed by atoms with Crippen LogP contribution in [0.1, 0.15) is 28.8 Å². The molecule has 2 rings (SSSR count). The van der Waals surface area contributed by atoms with Gasteiger partial charge in [0.05, 0.1) is 6.61 Å². The van der Waals surface area contributed by atoms with Gasteiger partial charge in [-0.2, -0.15) is 0 Å². The molecule has 0 amide bonds. The Morgan fingerprint density at radius 1 is 1.32 bits per heavy atom. The highest BCUT2D eigenvalue weighted by molar-refractivity contribution is 5.78. The summed E-state index contributed by atoms with van der Waals surface area (Å²) in [6.07, 6.45) is 5.94. The van der Waals surface area contributed by atoms with Crippen LogP contribution in [0.5, 0.6) is 5.75 Å². The number of rotatable bonds is 5. The van der Waals surface area contributed by atoms with Crippen molar-refractivity contribution in [1.82, 2.24) is 9.55 Å². The van der Waals surface area contributed by atoms with Gasteiger partial charge >= 0.3 is 0 Å². The van der Waals surface area contributed by atoms with Crippen LogP contribution < -0.4 is 4.74 Å². The number of ether oxygens (including phenoxy) is 1. The SMILES string of the molecule is Cc1ccc(OCCCC(=O)n2ccnc2)cc1C. The van der Waals surface area contributed by atoms with Crippen molar-refractivity contribution >= 4 is 5.91 Å². The maximum atomic E-state index is 11.7. The molecule has 0 bridgehead atoms. The lowest BCUT2D eigenvalue weighted by molar-refractivity contribution is 0.0893. The van der Waals surface area contributed by atoms with E-state index in [4.69, 9.17) is 4.74 Å². The molecule has 0 saturated carbocycles. The molecule has 0 atom stereocenters. The molecule has 4 heteroatoms. The molecule has 0 unspecified atom stereocenters. The smallest absolute Gasteiger partial charge is 0.231 e. The molecule has 19 heavy (non-hydrogen) atoms. The van der Waals surface area contributed by atoms with Gasteiger partial charge in [-0.3, -0.25) is 9.36 Å². The lowest BCUT2D eigenvalue weighted by Gasteiger charge is -2.08. The Morgan fingerprint density at radius 2 is 2.16 bits per heavy atom. The van der Waals surface area contributed by atoms with Gasteiger partial charge < -0.3 is 4.74 Å². The van der Waals surface area contributed by atoms with Crippen LogP contribution in [-0.4, -0.2) is 22.1 Å². The van der Waals surface area contributed by atoms with Crippen LogP contribution in [0.15, 0.2) is 36.9 Å². The topological polar surface area (TPSA) is 44.1 Å². The molecule has 0 N–H and O–H groups in total. The van der Waals surface area contributed by atoms with Gasteiger partial charge in [-0.1, -0.05) is 6.07 Å². The molecule has 0 aliphatic carbocycles. The standard InChI is InChI=1S/C15H18N2O2/c1-12-5-6-14(10-13(12)2)19-9-3-4-15(18)17-8-7-16-11-17/h5-8,10-11H,3-4,9H2,1-2H3. The molecule has 1 aromatic heterocycles. The van der Waals surface area contributed by atoms with E-state index in [1.54, 1.807) is 12.4 Å². The van der Waals surface area contributed by atoms with Crippen LogP contribution in [0.25, 0.3) is 0 Å². The highest BCUT2D eigenvalue weighted by atomic mass is 16.5. The Kier molecular flexibility index (Phi) is 4.34. The van der Waals surface area contributed by atoms with Crippen molar-refractivity contribution in [3.63, 3.8) is 0 Å². The maximum absolute atomic E-state index is 11.7. The van der Waals surface area contributed by atoms with E-state index in [-0.39, 0.29) is 5.91 Å². The fraction of sp³-hybridized carbons (Fsp3) is 0.333. The minimum absolute atomic E-state index is 0.0428. The van der Waals surface area contributed by atoms with Crippen molar-refractivity contribution in [3.05, 3.63) is 48.0 Å². The number of carbonyl (C=O) groups is 1. The number of hydrogen-bond acceptors (Lipinski definition) is 3.